The highest BCUT2D eigenvalue weighted by atomic mass is 35.5. The summed E-state index contributed by atoms with van der Waals surface area (Å²) in [6.45, 7) is 3.58. The molecule has 0 radical (unpaired) electrons. The second-order valence-corrected chi connectivity index (χ2v) is 13.9. The van der Waals surface area contributed by atoms with Crippen LogP contribution < -0.4 is 9.64 Å². The summed E-state index contributed by atoms with van der Waals surface area (Å²) in [6.07, 6.45) is 8.37. The van der Waals surface area contributed by atoms with E-state index in [1.54, 1.807) is 25.2 Å². The predicted octanol–water partition coefficient (Wildman–Crippen LogP) is 4.94. The van der Waals surface area contributed by atoms with E-state index in [1.165, 1.54) is 30.1 Å². The molecule has 1 unspecified atom stereocenters. The van der Waals surface area contributed by atoms with E-state index in [1.807, 2.05) is 18.2 Å². The zero-order chi connectivity index (χ0) is 32.6. The van der Waals surface area contributed by atoms with Crippen LogP contribution in [0, 0.1) is 11.8 Å². The first-order valence-electron chi connectivity index (χ1n) is 16.2. The largest absolute Gasteiger partial charge is 0.490 e. The molecule has 2 aromatic carbocycles. The average molecular weight is 651 g/mol. The number of benzene rings is 2. The second kappa shape index (κ2) is 12.9. The van der Waals surface area contributed by atoms with E-state index >= 15 is 0 Å². The van der Waals surface area contributed by atoms with Crippen LogP contribution in [0.25, 0.3) is 0 Å². The Hall–Kier alpha value is -3.56. The lowest BCUT2D eigenvalue weighted by Crippen LogP contribution is -2.50. The van der Waals surface area contributed by atoms with Crippen LogP contribution in [0.3, 0.4) is 0 Å². The molecule has 0 saturated heterocycles. The van der Waals surface area contributed by atoms with Gasteiger partial charge < -0.3 is 29.1 Å². The predicted molar refractivity (Wildman–Crippen MR) is 174 cm³/mol. The number of methoxy groups -OCH3 is 1. The Morgan fingerprint density at radius 1 is 1.15 bits per heavy atom. The van der Waals surface area contributed by atoms with Crippen molar-refractivity contribution in [3.8, 4) is 5.75 Å². The summed E-state index contributed by atoms with van der Waals surface area (Å²) < 4.78 is 17.5. The van der Waals surface area contributed by atoms with Crippen molar-refractivity contribution in [2.24, 2.45) is 11.8 Å². The molecule has 1 spiro atoms. The smallest absolute Gasteiger partial charge is 0.343 e. The Labute approximate surface area is 275 Å². The number of carbonyl (C=O) groups excluding carboxylic acids is 3. The number of nitrogens with zero attached hydrogens (tertiary/aromatic N) is 2. The van der Waals surface area contributed by atoms with Gasteiger partial charge in [-0.15, -0.1) is 0 Å². The van der Waals surface area contributed by atoms with Gasteiger partial charge in [-0.3, -0.25) is 9.59 Å². The lowest BCUT2D eigenvalue weighted by molar-refractivity contribution is -0.168. The Kier molecular flexibility index (Phi) is 9.09. The zero-order valence-electron chi connectivity index (χ0n) is 26.8. The number of esters is 2. The molecule has 1 N–H and O–H groups in total. The number of aryl methyl sites for hydroxylation is 1. The molecule has 2 bridgehead atoms. The average Bonchev–Trinajstić information content (AvgIpc) is 3.16. The van der Waals surface area contributed by atoms with Crippen molar-refractivity contribution >= 4 is 35.1 Å². The van der Waals surface area contributed by atoms with Gasteiger partial charge in [-0.05, 0) is 91.5 Å². The summed E-state index contributed by atoms with van der Waals surface area (Å²) in [5.74, 6) is -0.615. The molecule has 2 aromatic rings. The number of carbonyl (C=O) groups is 3. The minimum Gasteiger partial charge on any atom is -0.490 e. The van der Waals surface area contributed by atoms with E-state index in [0.717, 1.165) is 37.8 Å². The van der Waals surface area contributed by atoms with E-state index in [9.17, 15) is 19.5 Å². The van der Waals surface area contributed by atoms with Gasteiger partial charge in [-0.25, -0.2) is 4.79 Å². The molecule has 1 saturated carbocycles. The van der Waals surface area contributed by atoms with E-state index in [-0.39, 0.29) is 34.9 Å². The van der Waals surface area contributed by atoms with E-state index in [4.69, 9.17) is 25.8 Å². The lowest BCUT2D eigenvalue weighted by Gasteiger charge is -2.46. The van der Waals surface area contributed by atoms with Crippen LogP contribution in [0.4, 0.5) is 5.69 Å². The van der Waals surface area contributed by atoms with E-state index in [0.29, 0.717) is 43.4 Å². The maximum Gasteiger partial charge on any atom is 0.343 e. The Balaban J connectivity index is 1.47. The molecule has 0 aromatic heterocycles. The van der Waals surface area contributed by atoms with Gasteiger partial charge in [0.1, 0.15) is 11.9 Å². The normalized spacial score (nSPS) is 30.2. The molecule has 2 aliphatic heterocycles. The van der Waals surface area contributed by atoms with Crippen LogP contribution in [0.2, 0.25) is 5.02 Å². The number of aliphatic hydroxyl groups is 1. The molecule has 2 heterocycles. The van der Waals surface area contributed by atoms with Crippen molar-refractivity contribution in [3.05, 3.63) is 70.3 Å². The minimum atomic E-state index is -2.19. The van der Waals surface area contributed by atoms with Crippen molar-refractivity contribution in [2.45, 2.75) is 69.0 Å². The van der Waals surface area contributed by atoms with Crippen molar-refractivity contribution < 1.29 is 33.7 Å². The molecule has 2 aliphatic carbocycles. The number of ether oxygens (including phenoxy) is 3. The first kappa shape index (κ1) is 32.4. The fourth-order valence-electron chi connectivity index (χ4n) is 7.81. The van der Waals surface area contributed by atoms with Crippen LogP contribution in [0.5, 0.6) is 5.75 Å². The second-order valence-electron chi connectivity index (χ2n) is 13.4. The monoisotopic (exact) mass is 650 g/mol. The zero-order valence-corrected chi connectivity index (χ0v) is 27.6. The number of fused-ring (bicyclic) bond motifs is 4. The summed E-state index contributed by atoms with van der Waals surface area (Å²) in [6, 6.07) is 11.4. The first-order valence-corrected chi connectivity index (χ1v) is 16.6. The minimum absolute atomic E-state index is 0.128. The summed E-state index contributed by atoms with van der Waals surface area (Å²) in [4.78, 5) is 42.5. The van der Waals surface area contributed by atoms with Crippen molar-refractivity contribution in [1.29, 1.82) is 0 Å². The molecule has 1 amide bonds. The maximum absolute atomic E-state index is 13.4. The van der Waals surface area contributed by atoms with Crippen LogP contribution in [-0.2, 0) is 41.3 Å². The summed E-state index contributed by atoms with van der Waals surface area (Å²) >= 11 is 6.43. The highest BCUT2D eigenvalue weighted by Crippen LogP contribution is 2.48. The van der Waals surface area contributed by atoms with Crippen molar-refractivity contribution in [3.63, 3.8) is 0 Å². The van der Waals surface area contributed by atoms with Gasteiger partial charge in [0.05, 0.1) is 25.8 Å². The molecule has 4 aliphatic rings. The van der Waals surface area contributed by atoms with Gasteiger partial charge in [0, 0.05) is 50.0 Å². The molecular formula is C36H43ClN2O7. The molecule has 46 heavy (non-hydrogen) atoms. The molecule has 6 rings (SSSR count). The summed E-state index contributed by atoms with van der Waals surface area (Å²) in [7, 11) is 2.85. The number of amides is 1. The molecule has 5 atom stereocenters. The molecular weight excluding hydrogens is 608 g/mol. The van der Waals surface area contributed by atoms with Crippen molar-refractivity contribution in [1.82, 2.24) is 4.90 Å². The number of rotatable bonds is 2. The standard InChI is InChI=1S/C36H43ClN2O7/c1-23(40)46-31-8-4-5-16-38(2)33(41)19-36(43,34(42)44-3)26-10-14-32-30(18-26)39(20-25-9-12-28(25)31)21-35(22-45-32)15-6-7-24-17-27(37)11-13-29(24)35/h4,8,10-11,13-14,17-18,25,28,31,43H,5-7,9,12,15-16,19-22H2,1-3H3/b8-4+/t25-,28+,31?,35-,36+/m0/s1. The topological polar surface area (TPSA) is 106 Å². The molecule has 9 nitrogen and oxygen atoms in total. The van der Waals surface area contributed by atoms with Gasteiger partial charge in [0.25, 0.3) is 0 Å². The van der Waals surface area contributed by atoms with Crippen LogP contribution >= 0.6 is 11.6 Å². The Bertz CT molecular complexity index is 1540. The fraction of sp³-hybridized carbons (Fsp3) is 0.528. The quantitative estimate of drug-likeness (QED) is 0.360. The van der Waals surface area contributed by atoms with Gasteiger partial charge in [0.15, 0.2) is 5.60 Å². The van der Waals surface area contributed by atoms with Gasteiger partial charge >= 0.3 is 11.9 Å². The third-order valence-corrected chi connectivity index (χ3v) is 10.7. The van der Waals surface area contributed by atoms with Crippen LogP contribution in [0.1, 0.15) is 62.1 Å². The highest BCUT2D eigenvalue weighted by molar-refractivity contribution is 6.30. The number of hydrogen-bond donors (Lipinski definition) is 1. The number of hydrogen-bond acceptors (Lipinski definition) is 8. The third kappa shape index (κ3) is 6.11. The van der Waals surface area contributed by atoms with E-state index < -0.39 is 23.9 Å². The van der Waals surface area contributed by atoms with Gasteiger partial charge in [0.2, 0.25) is 5.91 Å². The molecule has 10 heteroatoms. The fourth-order valence-corrected chi connectivity index (χ4v) is 8.00. The highest BCUT2D eigenvalue weighted by Gasteiger charge is 2.47. The van der Waals surface area contributed by atoms with Gasteiger partial charge in [-0.1, -0.05) is 29.8 Å². The first-order chi connectivity index (χ1) is 22.0. The summed E-state index contributed by atoms with van der Waals surface area (Å²) in [5, 5.41) is 12.6. The SMILES string of the molecule is COC(=O)[C@@]1(O)CC(=O)N(C)CC/C=C/C(OC(C)=O)[C@@H]2CC[C@H]2CN2C[C@@]3(CCCc4cc(Cl)ccc43)COc3ccc1cc32. The number of halogens is 1. The Morgan fingerprint density at radius 2 is 1.98 bits per heavy atom. The number of anilines is 1. The van der Waals surface area contributed by atoms with Crippen molar-refractivity contribution in [2.75, 3.05) is 45.3 Å². The van der Waals surface area contributed by atoms with E-state index in [2.05, 4.69) is 17.0 Å². The van der Waals surface area contributed by atoms with Crippen LogP contribution in [-0.4, -0.2) is 74.4 Å². The van der Waals surface area contributed by atoms with Crippen LogP contribution in [0.15, 0.2) is 48.6 Å². The molecule has 246 valence electrons. The Morgan fingerprint density at radius 3 is 2.72 bits per heavy atom. The third-order valence-electron chi connectivity index (χ3n) is 10.5. The maximum atomic E-state index is 13.4. The summed E-state index contributed by atoms with van der Waals surface area (Å²) in [5.41, 5.74) is 0.975. The van der Waals surface area contributed by atoms with Gasteiger partial charge in [-0.2, -0.15) is 0 Å². The molecule has 1 fully saturated rings. The lowest BCUT2D eigenvalue weighted by atomic mass is 9.68.